The number of halogens is 2. The maximum Gasteiger partial charge on any atom is 0.140 e. The Labute approximate surface area is 109 Å². The number of anilines is 1. The first-order chi connectivity index (χ1) is 7.65. The second-order valence-corrected chi connectivity index (χ2v) is 5.50. The fourth-order valence-corrected chi connectivity index (χ4v) is 2.62. The van der Waals surface area contributed by atoms with Crippen LogP contribution in [0.4, 0.5) is 5.82 Å². The first-order valence-corrected chi connectivity index (χ1v) is 6.58. The van der Waals surface area contributed by atoms with E-state index < -0.39 is 0 Å². The Morgan fingerprint density at radius 3 is 2.81 bits per heavy atom. The van der Waals surface area contributed by atoms with Crippen molar-refractivity contribution in [1.29, 1.82) is 0 Å². The van der Waals surface area contributed by atoms with Crippen molar-refractivity contribution >= 4 is 33.3 Å². The zero-order valence-corrected chi connectivity index (χ0v) is 11.6. The zero-order valence-electron chi connectivity index (χ0n) is 9.21. The number of nitrogens with one attached hydrogen (secondary N) is 1. The van der Waals surface area contributed by atoms with Gasteiger partial charge in [0.2, 0.25) is 0 Å². The average Bonchev–Trinajstić information content (AvgIpc) is 2.25. The Morgan fingerprint density at radius 1 is 1.50 bits per heavy atom. The van der Waals surface area contributed by atoms with Crippen molar-refractivity contribution in [2.24, 2.45) is 0 Å². The van der Waals surface area contributed by atoms with E-state index in [9.17, 15) is 0 Å². The number of hydrogen-bond donors (Lipinski definition) is 1. The molecule has 1 aromatic rings. The number of pyridine rings is 1. The predicted octanol–water partition coefficient (Wildman–Crippen LogP) is 3.00. The van der Waals surface area contributed by atoms with Crippen molar-refractivity contribution < 1.29 is 0 Å². The molecule has 0 bridgehead atoms. The van der Waals surface area contributed by atoms with Crippen LogP contribution in [0.1, 0.15) is 12.8 Å². The van der Waals surface area contributed by atoms with Crippen LogP contribution >= 0.6 is 27.5 Å². The van der Waals surface area contributed by atoms with Gasteiger partial charge in [0.1, 0.15) is 5.82 Å². The van der Waals surface area contributed by atoms with Crippen molar-refractivity contribution in [2.45, 2.75) is 18.9 Å². The number of likely N-dealkylation sites (tertiary alicyclic amines) is 1. The normalized spacial score (nSPS) is 18.7. The monoisotopic (exact) mass is 303 g/mol. The van der Waals surface area contributed by atoms with Gasteiger partial charge in [0.25, 0.3) is 0 Å². The third-order valence-corrected chi connectivity index (χ3v) is 3.68. The van der Waals surface area contributed by atoms with Gasteiger partial charge in [-0.25, -0.2) is 4.98 Å². The maximum absolute atomic E-state index is 5.85. The minimum Gasteiger partial charge on any atom is -0.366 e. The first-order valence-electron chi connectivity index (χ1n) is 5.41. The minimum absolute atomic E-state index is 0.515. The fourth-order valence-electron chi connectivity index (χ4n) is 1.87. The van der Waals surface area contributed by atoms with E-state index >= 15 is 0 Å². The molecular formula is C11H15BrClN3. The molecule has 5 heteroatoms. The number of rotatable bonds is 2. The van der Waals surface area contributed by atoms with E-state index in [-0.39, 0.29) is 0 Å². The van der Waals surface area contributed by atoms with Gasteiger partial charge in [-0.15, -0.1) is 0 Å². The topological polar surface area (TPSA) is 28.2 Å². The molecule has 0 saturated carbocycles. The van der Waals surface area contributed by atoms with Gasteiger partial charge in [-0.05, 0) is 55.0 Å². The van der Waals surface area contributed by atoms with Gasteiger partial charge in [0, 0.05) is 12.2 Å². The minimum atomic E-state index is 0.515. The number of hydrogen-bond acceptors (Lipinski definition) is 3. The van der Waals surface area contributed by atoms with Gasteiger partial charge >= 0.3 is 0 Å². The summed E-state index contributed by atoms with van der Waals surface area (Å²) in [6.07, 6.45) is 3.99. The maximum atomic E-state index is 5.85. The lowest BCUT2D eigenvalue weighted by Gasteiger charge is -2.30. The lowest BCUT2D eigenvalue weighted by Crippen LogP contribution is -2.36. The summed E-state index contributed by atoms with van der Waals surface area (Å²) >= 11 is 9.32. The molecule has 88 valence electrons. The molecule has 0 radical (unpaired) electrons. The van der Waals surface area contributed by atoms with Crippen LogP contribution in [0.15, 0.2) is 16.7 Å². The number of aromatic nitrogens is 1. The molecule has 0 aromatic carbocycles. The first kappa shape index (κ1) is 12.1. The fraction of sp³-hybridized carbons (Fsp3) is 0.545. The molecule has 0 spiro atoms. The molecule has 0 aliphatic carbocycles. The molecule has 16 heavy (non-hydrogen) atoms. The van der Waals surface area contributed by atoms with E-state index in [0.717, 1.165) is 36.2 Å². The van der Waals surface area contributed by atoms with Crippen LogP contribution in [0.3, 0.4) is 0 Å². The quantitative estimate of drug-likeness (QED) is 0.910. The van der Waals surface area contributed by atoms with Crippen molar-refractivity contribution in [3.05, 3.63) is 21.8 Å². The Bertz CT molecular complexity index is 364. The zero-order chi connectivity index (χ0) is 11.5. The molecule has 1 N–H and O–H groups in total. The van der Waals surface area contributed by atoms with E-state index in [2.05, 4.69) is 38.2 Å². The summed E-state index contributed by atoms with van der Waals surface area (Å²) in [6.45, 7) is 2.28. The molecular weight excluding hydrogens is 289 g/mol. The van der Waals surface area contributed by atoms with Crippen LogP contribution in [0, 0.1) is 0 Å². The highest BCUT2D eigenvalue weighted by Gasteiger charge is 2.17. The van der Waals surface area contributed by atoms with Crippen LogP contribution in [0.25, 0.3) is 0 Å². The van der Waals surface area contributed by atoms with E-state index in [1.807, 2.05) is 6.07 Å². The summed E-state index contributed by atoms with van der Waals surface area (Å²) < 4.78 is 0.930. The smallest absolute Gasteiger partial charge is 0.140 e. The number of nitrogens with zero attached hydrogens (tertiary/aromatic N) is 2. The van der Waals surface area contributed by atoms with E-state index in [1.54, 1.807) is 6.20 Å². The summed E-state index contributed by atoms with van der Waals surface area (Å²) in [6, 6.07) is 2.38. The number of piperidine rings is 1. The van der Waals surface area contributed by atoms with Crippen LogP contribution in [-0.4, -0.2) is 36.1 Å². The summed E-state index contributed by atoms with van der Waals surface area (Å²) in [5.41, 5.74) is 0. The highest BCUT2D eigenvalue weighted by Crippen LogP contribution is 2.25. The third kappa shape index (κ3) is 3.09. The Morgan fingerprint density at radius 2 is 2.19 bits per heavy atom. The predicted molar refractivity (Wildman–Crippen MR) is 71.1 cm³/mol. The molecule has 0 unspecified atom stereocenters. The molecule has 1 aromatic heterocycles. The van der Waals surface area contributed by atoms with Gasteiger partial charge in [0.15, 0.2) is 0 Å². The largest absolute Gasteiger partial charge is 0.366 e. The second-order valence-electron chi connectivity index (χ2n) is 4.21. The van der Waals surface area contributed by atoms with Crippen LogP contribution in [0.5, 0.6) is 0 Å². The second kappa shape index (κ2) is 5.34. The Kier molecular flexibility index (Phi) is 4.05. The summed E-state index contributed by atoms with van der Waals surface area (Å²) in [5.74, 6) is 0.888. The molecule has 1 aliphatic rings. The van der Waals surface area contributed by atoms with Crippen LogP contribution < -0.4 is 5.32 Å². The van der Waals surface area contributed by atoms with Gasteiger partial charge in [0.05, 0.1) is 9.50 Å². The van der Waals surface area contributed by atoms with Crippen molar-refractivity contribution in [1.82, 2.24) is 9.88 Å². The molecule has 1 fully saturated rings. The standard InChI is InChI=1S/C11H15BrClN3/c1-16-4-2-9(3-5-16)15-11-10(12)6-8(13)7-14-11/h6-7,9H,2-5H2,1H3,(H,14,15). The third-order valence-electron chi connectivity index (χ3n) is 2.87. The van der Waals surface area contributed by atoms with Crippen LogP contribution in [0.2, 0.25) is 5.02 Å². The highest BCUT2D eigenvalue weighted by atomic mass is 79.9. The molecule has 1 aliphatic heterocycles. The Balaban J connectivity index is 1.98. The molecule has 1 saturated heterocycles. The van der Waals surface area contributed by atoms with Gasteiger partial charge in [-0.3, -0.25) is 0 Å². The summed E-state index contributed by atoms with van der Waals surface area (Å²) in [4.78, 5) is 6.64. The SMILES string of the molecule is CN1CCC(Nc2ncc(Cl)cc2Br)CC1. The van der Waals surface area contributed by atoms with Crippen LogP contribution in [-0.2, 0) is 0 Å². The van der Waals surface area contributed by atoms with Gasteiger partial charge in [-0.1, -0.05) is 11.6 Å². The lowest BCUT2D eigenvalue weighted by atomic mass is 10.1. The van der Waals surface area contributed by atoms with Crippen molar-refractivity contribution in [3.8, 4) is 0 Å². The van der Waals surface area contributed by atoms with E-state index in [0.29, 0.717) is 11.1 Å². The molecule has 0 atom stereocenters. The summed E-state index contributed by atoms with van der Waals surface area (Å²) in [5, 5.41) is 4.11. The molecule has 2 rings (SSSR count). The average molecular weight is 305 g/mol. The molecule has 2 heterocycles. The molecule has 0 amide bonds. The van der Waals surface area contributed by atoms with Gasteiger partial charge in [-0.2, -0.15) is 0 Å². The van der Waals surface area contributed by atoms with E-state index in [1.165, 1.54) is 0 Å². The Hall–Kier alpha value is -0.320. The van der Waals surface area contributed by atoms with E-state index in [4.69, 9.17) is 11.6 Å². The highest BCUT2D eigenvalue weighted by molar-refractivity contribution is 9.10. The van der Waals surface area contributed by atoms with Crippen molar-refractivity contribution in [2.75, 3.05) is 25.5 Å². The summed E-state index contributed by atoms with van der Waals surface area (Å²) in [7, 11) is 2.16. The lowest BCUT2D eigenvalue weighted by molar-refractivity contribution is 0.263. The van der Waals surface area contributed by atoms with Gasteiger partial charge < -0.3 is 10.2 Å². The van der Waals surface area contributed by atoms with Crippen molar-refractivity contribution in [3.63, 3.8) is 0 Å². The molecule has 3 nitrogen and oxygen atoms in total.